The summed E-state index contributed by atoms with van der Waals surface area (Å²) in [7, 11) is 2.31. The van der Waals surface area contributed by atoms with E-state index in [1.807, 2.05) is 0 Å². The summed E-state index contributed by atoms with van der Waals surface area (Å²) >= 11 is 0. The Morgan fingerprint density at radius 2 is 1.76 bits per heavy atom. The van der Waals surface area contributed by atoms with Gasteiger partial charge in [0.25, 0.3) is 0 Å². The molecule has 2 rings (SSSR count). The standard InChI is InChI=1S/C19H32N2/c1-4-16-11-13-18(14-12-16)21(3)15-19(20-5-2)17-9-7-6-8-10-17/h6-10,16,18-20H,4-5,11-15H2,1-3H3. The van der Waals surface area contributed by atoms with E-state index in [1.54, 1.807) is 0 Å². The van der Waals surface area contributed by atoms with Gasteiger partial charge in [0.05, 0.1) is 0 Å². The van der Waals surface area contributed by atoms with Crippen molar-refractivity contribution in [3.05, 3.63) is 35.9 Å². The van der Waals surface area contributed by atoms with Gasteiger partial charge in [0.1, 0.15) is 0 Å². The maximum Gasteiger partial charge on any atom is 0.0449 e. The summed E-state index contributed by atoms with van der Waals surface area (Å²) in [5.74, 6) is 0.980. The molecule has 1 fully saturated rings. The van der Waals surface area contributed by atoms with Crippen LogP contribution in [0.3, 0.4) is 0 Å². The summed E-state index contributed by atoms with van der Waals surface area (Å²) in [6, 6.07) is 12.1. The van der Waals surface area contributed by atoms with Crippen LogP contribution in [0.25, 0.3) is 0 Å². The first-order valence-corrected chi connectivity index (χ1v) is 8.73. The lowest BCUT2D eigenvalue weighted by Gasteiger charge is -2.36. The van der Waals surface area contributed by atoms with Crippen LogP contribution in [0.2, 0.25) is 0 Å². The molecule has 1 aliphatic rings. The van der Waals surface area contributed by atoms with Gasteiger partial charge in [-0.15, -0.1) is 0 Å². The molecule has 0 bridgehead atoms. The Hall–Kier alpha value is -0.860. The summed E-state index contributed by atoms with van der Waals surface area (Å²) in [6.45, 7) is 6.67. The lowest BCUT2D eigenvalue weighted by atomic mass is 9.84. The number of hydrogen-bond acceptors (Lipinski definition) is 2. The fourth-order valence-corrected chi connectivity index (χ4v) is 3.65. The molecule has 118 valence electrons. The van der Waals surface area contributed by atoms with Gasteiger partial charge in [0.2, 0.25) is 0 Å². The third kappa shape index (κ3) is 4.82. The third-order valence-corrected chi connectivity index (χ3v) is 5.14. The highest BCUT2D eigenvalue weighted by molar-refractivity contribution is 5.19. The van der Waals surface area contributed by atoms with E-state index in [-0.39, 0.29) is 0 Å². The van der Waals surface area contributed by atoms with E-state index >= 15 is 0 Å². The number of benzene rings is 1. The van der Waals surface area contributed by atoms with Gasteiger partial charge in [-0.3, -0.25) is 0 Å². The molecular weight excluding hydrogens is 256 g/mol. The number of rotatable bonds is 7. The molecule has 1 aliphatic carbocycles. The average molecular weight is 288 g/mol. The van der Waals surface area contributed by atoms with E-state index in [4.69, 9.17) is 0 Å². The van der Waals surface area contributed by atoms with Crippen molar-refractivity contribution in [2.45, 2.75) is 58.0 Å². The molecule has 0 amide bonds. The van der Waals surface area contributed by atoms with Gasteiger partial charge < -0.3 is 10.2 Å². The highest BCUT2D eigenvalue weighted by Crippen LogP contribution is 2.29. The lowest BCUT2D eigenvalue weighted by molar-refractivity contribution is 0.151. The van der Waals surface area contributed by atoms with Crippen LogP contribution in [0.1, 0.15) is 57.6 Å². The highest BCUT2D eigenvalue weighted by atomic mass is 15.2. The number of likely N-dealkylation sites (N-methyl/N-ethyl adjacent to an activating group) is 2. The molecule has 1 N–H and O–H groups in total. The fraction of sp³-hybridized carbons (Fsp3) is 0.684. The van der Waals surface area contributed by atoms with Crippen LogP contribution >= 0.6 is 0 Å². The second-order valence-corrected chi connectivity index (χ2v) is 6.54. The molecule has 1 aromatic carbocycles. The summed E-state index contributed by atoms with van der Waals surface area (Å²) in [5, 5.41) is 3.65. The molecule has 0 aliphatic heterocycles. The van der Waals surface area contributed by atoms with Gasteiger partial charge in [0.15, 0.2) is 0 Å². The Bertz CT molecular complexity index is 382. The quantitative estimate of drug-likeness (QED) is 0.807. The highest BCUT2D eigenvalue weighted by Gasteiger charge is 2.24. The molecular formula is C19H32N2. The third-order valence-electron chi connectivity index (χ3n) is 5.14. The first-order chi connectivity index (χ1) is 10.2. The molecule has 21 heavy (non-hydrogen) atoms. The molecule has 1 unspecified atom stereocenters. The van der Waals surface area contributed by atoms with Crippen LogP contribution in [0, 0.1) is 5.92 Å². The molecule has 1 saturated carbocycles. The maximum atomic E-state index is 3.65. The monoisotopic (exact) mass is 288 g/mol. The minimum Gasteiger partial charge on any atom is -0.309 e. The van der Waals surface area contributed by atoms with E-state index in [0.717, 1.165) is 25.0 Å². The van der Waals surface area contributed by atoms with Gasteiger partial charge in [0, 0.05) is 18.6 Å². The summed E-state index contributed by atoms with van der Waals surface area (Å²) in [6.07, 6.45) is 6.96. The van der Waals surface area contributed by atoms with Crippen molar-refractivity contribution in [3.8, 4) is 0 Å². The van der Waals surface area contributed by atoms with Gasteiger partial charge in [-0.05, 0) is 50.8 Å². The smallest absolute Gasteiger partial charge is 0.0449 e. The molecule has 0 saturated heterocycles. The summed E-state index contributed by atoms with van der Waals surface area (Å²) in [5.41, 5.74) is 1.41. The van der Waals surface area contributed by atoms with E-state index < -0.39 is 0 Å². The molecule has 0 radical (unpaired) electrons. The summed E-state index contributed by atoms with van der Waals surface area (Å²) in [4.78, 5) is 2.59. The molecule has 0 aromatic heterocycles. The molecule has 2 heteroatoms. The Kier molecular flexibility index (Phi) is 6.72. The average Bonchev–Trinajstić information content (AvgIpc) is 2.55. The van der Waals surface area contributed by atoms with Crippen LogP contribution in [0.4, 0.5) is 0 Å². The van der Waals surface area contributed by atoms with Gasteiger partial charge in [-0.25, -0.2) is 0 Å². The van der Waals surface area contributed by atoms with Crippen LogP contribution in [0.15, 0.2) is 30.3 Å². The van der Waals surface area contributed by atoms with E-state index in [0.29, 0.717) is 6.04 Å². The van der Waals surface area contributed by atoms with Crippen molar-refractivity contribution in [2.24, 2.45) is 5.92 Å². The fourth-order valence-electron chi connectivity index (χ4n) is 3.65. The van der Waals surface area contributed by atoms with Gasteiger partial charge >= 0.3 is 0 Å². The van der Waals surface area contributed by atoms with Crippen LogP contribution in [-0.2, 0) is 0 Å². The Morgan fingerprint density at radius 3 is 2.33 bits per heavy atom. The van der Waals surface area contributed by atoms with Crippen molar-refractivity contribution in [1.29, 1.82) is 0 Å². The molecule has 0 spiro atoms. The molecule has 2 nitrogen and oxygen atoms in total. The summed E-state index contributed by atoms with van der Waals surface area (Å²) < 4.78 is 0. The SMILES string of the molecule is CCNC(CN(C)C1CCC(CC)CC1)c1ccccc1. The van der Waals surface area contributed by atoms with Crippen molar-refractivity contribution < 1.29 is 0 Å². The number of hydrogen-bond donors (Lipinski definition) is 1. The maximum absolute atomic E-state index is 3.65. The van der Waals surface area contributed by atoms with E-state index in [1.165, 1.54) is 37.7 Å². The predicted molar refractivity (Wildman–Crippen MR) is 91.5 cm³/mol. The number of nitrogens with zero attached hydrogens (tertiary/aromatic N) is 1. The Balaban J connectivity index is 1.91. The number of nitrogens with one attached hydrogen (secondary N) is 1. The van der Waals surface area contributed by atoms with Crippen LogP contribution < -0.4 is 5.32 Å². The lowest BCUT2D eigenvalue weighted by Crippen LogP contribution is -2.40. The normalized spacial score (nSPS) is 24.2. The first-order valence-electron chi connectivity index (χ1n) is 8.73. The second-order valence-electron chi connectivity index (χ2n) is 6.54. The van der Waals surface area contributed by atoms with Gasteiger partial charge in [-0.1, -0.05) is 50.6 Å². The minimum absolute atomic E-state index is 0.449. The molecule has 0 heterocycles. The topological polar surface area (TPSA) is 15.3 Å². The van der Waals surface area contributed by atoms with Gasteiger partial charge in [-0.2, -0.15) is 0 Å². The van der Waals surface area contributed by atoms with Crippen molar-refractivity contribution in [3.63, 3.8) is 0 Å². The zero-order valence-electron chi connectivity index (χ0n) is 14.0. The van der Waals surface area contributed by atoms with E-state index in [9.17, 15) is 0 Å². The van der Waals surface area contributed by atoms with Crippen molar-refractivity contribution in [1.82, 2.24) is 10.2 Å². The van der Waals surface area contributed by atoms with Crippen LogP contribution in [0.5, 0.6) is 0 Å². The van der Waals surface area contributed by atoms with E-state index in [2.05, 4.69) is 61.4 Å². The zero-order valence-corrected chi connectivity index (χ0v) is 14.0. The Morgan fingerprint density at radius 1 is 1.10 bits per heavy atom. The van der Waals surface area contributed by atoms with Crippen molar-refractivity contribution in [2.75, 3.05) is 20.1 Å². The largest absolute Gasteiger partial charge is 0.309 e. The molecule has 1 aromatic rings. The molecule has 1 atom stereocenters. The Labute approximate surface area is 130 Å². The minimum atomic E-state index is 0.449. The second kappa shape index (κ2) is 8.55. The zero-order chi connectivity index (χ0) is 15.1. The first kappa shape index (κ1) is 16.5. The predicted octanol–water partition coefficient (Wildman–Crippen LogP) is 4.24. The van der Waals surface area contributed by atoms with Crippen molar-refractivity contribution >= 4 is 0 Å². The van der Waals surface area contributed by atoms with Crippen LogP contribution in [-0.4, -0.2) is 31.1 Å².